The van der Waals surface area contributed by atoms with Crippen molar-refractivity contribution in [1.82, 2.24) is 0 Å². The molecule has 2 heteroatoms. The molecule has 0 aromatic heterocycles. The minimum absolute atomic E-state index is 0.0231. The first kappa shape index (κ1) is 10.9. The molecule has 0 aliphatic carbocycles. The van der Waals surface area contributed by atoms with E-state index in [1.807, 2.05) is 36.4 Å². The van der Waals surface area contributed by atoms with Gasteiger partial charge in [0.1, 0.15) is 0 Å². The third-order valence-electron chi connectivity index (χ3n) is 3.25. The van der Waals surface area contributed by atoms with Crippen molar-refractivity contribution in [2.24, 2.45) is 5.73 Å². The number of nitrogens with two attached hydrogens (primary N) is 1. The maximum absolute atomic E-state index is 11.6. The van der Waals surface area contributed by atoms with Crippen LogP contribution in [0.5, 0.6) is 0 Å². The molecule has 18 heavy (non-hydrogen) atoms. The van der Waals surface area contributed by atoms with E-state index in [4.69, 9.17) is 5.73 Å². The third kappa shape index (κ3) is 1.67. The molecule has 0 unspecified atom stereocenters. The number of ketones is 1. The van der Waals surface area contributed by atoms with Crippen LogP contribution < -0.4 is 5.73 Å². The molecule has 0 saturated heterocycles. The Labute approximate surface area is 105 Å². The van der Waals surface area contributed by atoms with Gasteiger partial charge >= 0.3 is 0 Å². The third-order valence-corrected chi connectivity index (χ3v) is 3.25. The normalized spacial score (nSPS) is 10.9. The predicted octanol–water partition coefficient (Wildman–Crippen LogP) is 3.13. The molecular formula is C16H13NO. The van der Waals surface area contributed by atoms with Gasteiger partial charge in [-0.25, -0.2) is 0 Å². The summed E-state index contributed by atoms with van der Waals surface area (Å²) < 4.78 is 0. The Bertz CT molecular complexity index is 746. The number of hydrogen-bond acceptors (Lipinski definition) is 2. The van der Waals surface area contributed by atoms with Crippen molar-refractivity contribution in [3.63, 3.8) is 0 Å². The second-order valence-electron chi connectivity index (χ2n) is 4.35. The van der Waals surface area contributed by atoms with Crippen molar-refractivity contribution in [1.29, 1.82) is 0 Å². The van der Waals surface area contributed by atoms with E-state index >= 15 is 0 Å². The Morgan fingerprint density at radius 1 is 0.889 bits per heavy atom. The van der Waals surface area contributed by atoms with Gasteiger partial charge in [0.25, 0.3) is 0 Å². The average molecular weight is 235 g/mol. The average Bonchev–Trinajstić information content (AvgIpc) is 2.45. The lowest BCUT2D eigenvalue weighted by molar-refractivity contribution is 0.100. The molecule has 0 fully saturated rings. The van der Waals surface area contributed by atoms with E-state index in [0.717, 1.165) is 5.39 Å². The molecule has 0 bridgehead atoms. The Kier molecular flexibility index (Phi) is 2.58. The van der Waals surface area contributed by atoms with Crippen molar-refractivity contribution in [3.8, 4) is 0 Å². The van der Waals surface area contributed by atoms with Crippen LogP contribution in [0.1, 0.15) is 10.4 Å². The van der Waals surface area contributed by atoms with E-state index in [2.05, 4.69) is 18.2 Å². The van der Waals surface area contributed by atoms with Crippen molar-refractivity contribution in [2.45, 2.75) is 0 Å². The molecule has 0 heterocycles. The van der Waals surface area contributed by atoms with Crippen molar-refractivity contribution < 1.29 is 4.79 Å². The zero-order valence-corrected chi connectivity index (χ0v) is 9.89. The van der Waals surface area contributed by atoms with Crippen LogP contribution in [-0.4, -0.2) is 12.3 Å². The molecule has 2 N–H and O–H groups in total. The van der Waals surface area contributed by atoms with Crippen LogP contribution in [0.3, 0.4) is 0 Å². The molecule has 0 aliphatic heterocycles. The molecule has 3 aromatic rings. The van der Waals surface area contributed by atoms with Gasteiger partial charge in [-0.2, -0.15) is 0 Å². The highest BCUT2D eigenvalue weighted by Crippen LogP contribution is 2.26. The van der Waals surface area contributed by atoms with Gasteiger partial charge in [0.05, 0.1) is 6.54 Å². The highest BCUT2D eigenvalue weighted by Gasteiger charge is 2.05. The van der Waals surface area contributed by atoms with Gasteiger partial charge < -0.3 is 5.73 Å². The number of carbonyl (C=O) groups excluding carboxylic acids is 1. The maximum atomic E-state index is 11.6. The van der Waals surface area contributed by atoms with Crippen LogP contribution in [-0.2, 0) is 0 Å². The number of hydrogen-bond donors (Lipinski definition) is 1. The molecule has 0 radical (unpaired) electrons. The Hall–Kier alpha value is -2.19. The van der Waals surface area contributed by atoms with Crippen LogP contribution in [0.15, 0.2) is 54.6 Å². The molecule has 0 saturated carbocycles. The van der Waals surface area contributed by atoms with E-state index in [1.165, 1.54) is 16.2 Å². The Morgan fingerprint density at radius 2 is 1.61 bits per heavy atom. The fraction of sp³-hybridized carbons (Fsp3) is 0.0625. The summed E-state index contributed by atoms with van der Waals surface area (Å²) in [5.41, 5.74) is 6.07. The Morgan fingerprint density at radius 3 is 2.44 bits per heavy atom. The summed E-state index contributed by atoms with van der Waals surface area (Å²) in [6.07, 6.45) is 0. The van der Waals surface area contributed by atoms with Crippen LogP contribution >= 0.6 is 0 Å². The van der Waals surface area contributed by atoms with Crippen molar-refractivity contribution in [3.05, 3.63) is 60.2 Å². The lowest BCUT2D eigenvalue weighted by atomic mass is 9.99. The first-order valence-corrected chi connectivity index (χ1v) is 5.94. The minimum atomic E-state index is -0.0231. The fourth-order valence-electron chi connectivity index (χ4n) is 2.30. The molecular weight excluding hydrogens is 222 g/mol. The largest absolute Gasteiger partial charge is 0.324 e. The fourth-order valence-corrected chi connectivity index (χ4v) is 2.30. The molecule has 2 nitrogen and oxygen atoms in total. The highest BCUT2D eigenvalue weighted by atomic mass is 16.1. The van der Waals surface area contributed by atoms with Gasteiger partial charge in [-0.15, -0.1) is 0 Å². The molecule has 88 valence electrons. The topological polar surface area (TPSA) is 43.1 Å². The number of Topliss-reactive ketones (excluding diaryl/α,β-unsaturated/α-hetero) is 1. The highest BCUT2D eigenvalue weighted by molar-refractivity contribution is 6.10. The zero-order chi connectivity index (χ0) is 12.5. The first-order chi connectivity index (χ1) is 8.79. The van der Waals surface area contributed by atoms with Crippen molar-refractivity contribution in [2.75, 3.05) is 6.54 Å². The molecule has 3 aromatic carbocycles. The Balaban J connectivity index is 2.31. The van der Waals surface area contributed by atoms with Gasteiger partial charge in [0.15, 0.2) is 5.78 Å². The lowest BCUT2D eigenvalue weighted by Gasteiger charge is -2.05. The van der Waals surface area contributed by atoms with E-state index < -0.39 is 0 Å². The quantitative estimate of drug-likeness (QED) is 0.547. The van der Waals surface area contributed by atoms with Crippen molar-refractivity contribution >= 4 is 27.3 Å². The van der Waals surface area contributed by atoms with Gasteiger partial charge in [0, 0.05) is 5.56 Å². The molecule has 0 amide bonds. The summed E-state index contributed by atoms with van der Waals surface area (Å²) in [5, 5.41) is 4.67. The summed E-state index contributed by atoms with van der Waals surface area (Å²) in [6, 6.07) is 18.1. The summed E-state index contributed by atoms with van der Waals surface area (Å²) in [4.78, 5) is 11.6. The minimum Gasteiger partial charge on any atom is -0.324 e. The standard InChI is InChI=1S/C16H13NO/c17-10-16(18)13-7-8-15-12(9-13)6-5-11-3-1-2-4-14(11)15/h1-9H,10,17H2. The van der Waals surface area contributed by atoms with Gasteiger partial charge in [-0.05, 0) is 27.6 Å². The number of carbonyl (C=O) groups is 1. The van der Waals surface area contributed by atoms with Crippen LogP contribution in [0, 0.1) is 0 Å². The molecule has 0 aliphatic rings. The van der Waals surface area contributed by atoms with E-state index in [-0.39, 0.29) is 12.3 Å². The van der Waals surface area contributed by atoms with E-state index in [1.54, 1.807) is 0 Å². The van der Waals surface area contributed by atoms with Crippen LogP contribution in [0.2, 0.25) is 0 Å². The summed E-state index contributed by atoms with van der Waals surface area (Å²) >= 11 is 0. The predicted molar refractivity (Wildman–Crippen MR) is 74.8 cm³/mol. The van der Waals surface area contributed by atoms with Crippen LogP contribution in [0.25, 0.3) is 21.5 Å². The first-order valence-electron chi connectivity index (χ1n) is 5.94. The van der Waals surface area contributed by atoms with E-state index in [0.29, 0.717) is 5.56 Å². The monoisotopic (exact) mass is 235 g/mol. The number of rotatable bonds is 2. The second kappa shape index (κ2) is 4.24. The SMILES string of the molecule is NCC(=O)c1ccc2c(ccc3ccccc32)c1. The van der Waals surface area contributed by atoms with Gasteiger partial charge in [-0.3, -0.25) is 4.79 Å². The summed E-state index contributed by atoms with van der Waals surface area (Å²) in [6.45, 7) is 0.0547. The van der Waals surface area contributed by atoms with Crippen LogP contribution in [0.4, 0.5) is 0 Å². The maximum Gasteiger partial charge on any atom is 0.176 e. The molecule has 3 rings (SSSR count). The number of benzene rings is 3. The molecule has 0 atom stereocenters. The summed E-state index contributed by atoms with van der Waals surface area (Å²) in [7, 11) is 0. The summed E-state index contributed by atoms with van der Waals surface area (Å²) in [5.74, 6) is -0.0231. The zero-order valence-electron chi connectivity index (χ0n) is 9.89. The molecule has 0 spiro atoms. The van der Waals surface area contributed by atoms with Gasteiger partial charge in [0.2, 0.25) is 0 Å². The second-order valence-corrected chi connectivity index (χ2v) is 4.35. The smallest absolute Gasteiger partial charge is 0.176 e. The number of fused-ring (bicyclic) bond motifs is 3. The van der Waals surface area contributed by atoms with Gasteiger partial charge in [-0.1, -0.05) is 48.5 Å². The van der Waals surface area contributed by atoms with E-state index in [9.17, 15) is 4.79 Å². The lowest BCUT2D eigenvalue weighted by Crippen LogP contribution is -2.13.